The van der Waals surface area contributed by atoms with E-state index in [0.29, 0.717) is 19.6 Å². The minimum atomic E-state index is -0.841. The quantitative estimate of drug-likeness (QED) is 0.797. The Morgan fingerprint density at radius 3 is 2.33 bits per heavy atom. The summed E-state index contributed by atoms with van der Waals surface area (Å²) < 4.78 is 0. The van der Waals surface area contributed by atoms with Gasteiger partial charge in [0, 0.05) is 18.8 Å². The molecule has 1 N–H and O–H groups in total. The molecule has 0 bridgehead atoms. The lowest BCUT2D eigenvalue weighted by molar-refractivity contribution is -0.137. The molecular formula is C16H24N2O3. The third-order valence-electron chi connectivity index (χ3n) is 3.47. The first kappa shape index (κ1) is 17.2. The molecule has 1 amide bonds. The Bertz CT molecular complexity index is 488. The normalized spacial score (nSPS) is 10.7. The van der Waals surface area contributed by atoms with Crippen molar-refractivity contribution in [1.82, 2.24) is 4.90 Å². The van der Waals surface area contributed by atoms with Crippen LogP contribution in [0.3, 0.4) is 0 Å². The van der Waals surface area contributed by atoms with Crippen molar-refractivity contribution in [2.24, 2.45) is 0 Å². The molecule has 0 aliphatic carbocycles. The summed E-state index contributed by atoms with van der Waals surface area (Å²) in [5.74, 6) is -0.841. The van der Waals surface area contributed by atoms with Gasteiger partial charge in [0.25, 0.3) is 0 Å². The standard InChI is InChI=1S/C16H24N2O3/c1-4-17(11-10-16(20)21)12-15(19)18(5-2)14-9-7-6-8-13(14)3/h6-9H,4-5,10-12H2,1-3H3,(H,20,21). The largest absolute Gasteiger partial charge is 0.481 e. The van der Waals surface area contributed by atoms with Crippen molar-refractivity contribution >= 4 is 17.6 Å². The highest BCUT2D eigenvalue weighted by atomic mass is 16.4. The molecule has 0 fully saturated rings. The van der Waals surface area contributed by atoms with Crippen molar-refractivity contribution in [2.45, 2.75) is 27.2 Å². The first-order chi connectivity index (χ1) is 9.99. The Balaban J connectivity index is 2.75. The van der Waals surface area contributed by atoms with E-state index in [9.17, 15) is 9.59 Å². The van der Waals surface area contributed by atoms with Crippen LogP contribution in [0.2, 0.25) is 0 Å². The maximum absolute atomic E-state index is 12.5. The number of aliphatic carboxylic acids is 1. The van der Waals surface area contributed by atoms with Gasteiger partial charge in [-0.3, -0.25) is 14.5 Å². The van der Waals surface area contributed by atoms with Crippen LogP contribution in [0.15, 0.2) is 24.3 Å². The average Bonchev–Trinajstić information content (AvgIpc) is 2.46. The molecule has 5 nitrogen and oxygen atoms in total. The summed E-state index contributed by atoms with van der Waals surface area (Å²) in [4.78, 5) is 26.7. The molecule has 1 aromatic carbocycles. The van der Waals surface area contributed by atoms with Crippen LogP contribution >= 0.6 is 0 Å². The monoisotopic (exact) mass is 292 g/mol. The summed E-state index contributed by atoms with van der Waals surface area (Å²) in [6.45, 7) is 7.74. The van der Waals surface area contributed by atoms with E-state index in [-0.39, 0.29) is 18.9 Å². The van der Waals surface area contributed by atoms with Crippen LogP contribution in [-0.2, 0) is 9.59 Å². The van der Waals surface area contributed by atoms with Crippen LogP contribution in [0, 0.1) is 6.92 Å². The highest BCUT2D eigenvalue weighted by Gasteiger charge is 2.18. The fraction of sp³-hybridized carbons (Fsp3) is 0.500. The zero-order valence-electron chi connectivity index (χ0n) is 13.0. The van der Waals surface area contributed by atoms with Gasteiger partial charge in [0.05, 0.1) is 13.0 Å². The first-order valence-corrected chi connectivity index (χ1v) is 7.29. The van der Waals surface area contributed by atoms with Gasteiger partial charge in [0.2, 0.25) is 5.91 Å². The van der Waals surface area contributed by atoms with Gasteiger partial charge in [-0.25, -0.2) is 0 Å². The van der Waals surface area contributed by atoms with Gasteiger partial charge in [-0.2, -0.15) is 0 Å². The maximum Gasteiger partial charge on any atom is 0.304 e. The second-order valence-electron chi connectivity index (χ2n) is 4.94. The molecule has 0 heterocycles. The van der Waals surface area contributed by atoms with Crippen LogP contribution < -0.4 is 4.90 Å². The van der Waals surface area contributed by atoms with Crippen LogP contribution in [0.25, 0.3) is 0 Å². The van der Waals surface area contributed by atoms with Crippen molar-refractivity contribution in [3.8, 4) is 0 Å². The molecular weight excluding hydrogens is 268 g/mol. The number of carboxylic acids is 1. The van der Waals surface area contributed by atoms with Crippen LogP contribution in [0.1, 0.15) is 25.8 Å². The predicted octanol–water partition coefficient (Wildman–Crippen LogP) is 2.14. The summed E-state index contributed by atoms with van der Waals surface area (Å²) in [5.41, 5.74) is 1.97. The summed E-state index contributed by atoms with van der Waals surface area (Å²) in [6, 6.07) is 7.78. The summed E-state index contributed by atoms with van der Waals surface area (Å²) in [5, 5.41) is 8.74. The SMILES string of the molecule is CCN(CCC(=O)O)CC(=O)N(CC)c1ccccc1C. The molecule has 116 valence electrons. The maximum atomic E-state index is 12.5. The summed E-state index contributed by atoms with van der Waals surface area (Å²) >= 11 is 0. The Morgan fingerprint density at radius 2 is 1.81 bits per heavy atom. The molecule has 0 aliphatic rings. The zero-order valence-corrected chi connectivity index (χ0v) is 13.0. The topological polar surface area (TPSA) is 60.9 Å². The number of nitrogens with zero attached hydrogens (tertiary/aromatic N) is 2. The fourth-order valence-electron chi connectivity index (χ4n) is 2.23. The molecule has 0 radical (unpaired) electrons. The number of hydrogen-bond acceptors (Lipinski definition) is 3. The third-order valence-corrected chi connectivity index (χ3v) is 3.47. The van der Waals surface area contributed by atoms with Gasteiger partial charge >= 0.3 is 5.97 Å². The van der Waals surface area contributed by atoms with Crippen LogP contribution in [0.4, 0.5) is 5.69 Å². The second kappa shape index (κ2) is 8.42. The highest BCUT2D eigenvalue weighted by molar-refractivity contribution is 5.95. The smallest absolute Gasteiger partial charge is 0.304 e. The second-order valence-corrected chi connectivity index (χ2v) is 4.94. The van der Waals surface area contributed by atoms with E-state index in [1.807, 2.05) is 49.9 Å². The van der Waals surface area contributed by atoms with Crippen molar-refractivity contribution in [3.63, 3.8) is 0 Å². The van der Waals surface area contributed by atoms with Gasteiger partial charge in [-0.1, -0.05) is 25.1 Å². The first-order valence-electron chi connectivity index (χ1n) is 7.29. The molecule has 5 heteroatoms. The van der Waals surface area contributed by atoms with Gasteiger partial charge in [0.1, 0.15) is 0 Å². The van der Waals surface area contributed by atoms with Crippen LogP contribution in [0.5, 0.6) is 0 Å². The van der Waals surface area contributed by atoms with E-state index in [4.69, 9.17) is 5.11 Å². The van der Waals surface area contributed by atoms with Crippen LogP contribution in [-0.4, -0.2) is 48.1 Å². The van der Waals surface area contributed by atoms with E-state index in [1.54, 1.807) is 4.90 Å². The Kier molecular flexibility index (Phi) is 6.88. The molecule has 0 unspecified atom stereocenters. The van der Waals surface area contributed by atoms with E-state index < -0.39 is 5.97 Å². The van der Waals surface area contributed by atoms with Gasteiger partial charge in [-0.15, -0.1) is 0 Å². The number of carboxylic acid groups (broad SMARTS) is 1. The molecule has 0 aliphatic heterocycles. The number of benzene rings is 1. The van der Waals surface area contributed by atoms with Gasteiger partial charge < -0.3 is 10.0 Å². The number of hydrogen-bond donors (Lipinski definition) is 1. The Labute approximate surface area is 126 Å². The molecule has 1 rings (SSSR count). The number of carbonyl (C=O) groups excluding carboxylic acids is 1. The number of anilines is 1. The summed E-state index contributed by atoms with van der Waals surface area (Å²) in [7, 11) is 0. The highest BCUT2D eigenvalue weighted by Crippen LogP contribution is 2.19. The molecule has 0 saturated heterocycles. The molecule has 0 atom stereocenters. The zero-order chi connectivity index (χ0) is 15.8. The van der Waals surface area contributed by atoms with E-state index in [2.05, 4.69) is 0 Å². The number of likely N-dealkylation sites (N-methyl/N-ethyl adjacent to an activating group) is 2. The molecule has 0 saturated carbocycles. The number of carbonyl (C=O) groups is 2. The molecule has 0 spiro atoms. The minimum absolute atomic E-state index is 0.000890. The third kappa shape index (κ3) is 5.19. The predicted molar refractivity (Wildman–Crippen MR) is 83.6 cm³/mol. The number of aryl methyl sites for hydroxylation is 1. The van der Waals surface area contributed by atoms with Crippen molar-refractivity contribution < 1.29 is 14.7 Å². The summed E-state index contributed by atoms with van der Waals surface area (Å²) in [6.07, 6.45) is 0.0532. The van der Waals surface area contributed by atoms with Crippen molar-refractivity contribution in [1.29, 1.82) is 0 Å². The Hall–Kier alpha value is -1.88. The average molecular weight is 292 g/mol. The van der Waals surface area contributed by atoms with Gasteiger partial charge in [0.15, 0.2) is 0 Å². The minimum Gasteiger partial charge on any atom is -0.481 e. The van der Waals surface area contributed by atoms with E-state index in [1.165, 1.54) is 0 Å². The lowest BCUT2D eigenvalue weighted by Crippen LogP contribution is -2.41. The van der Waals surface area contributed by atoms with Gasteiger partial charge in [-0.05, 0) is 32.0 Å². The fourth-order valence-corrected chi connectivity index (χ4v) is 2.23. The molecule has 1 aromatic rings. The molecule has 21 heavy (non-hydrogen) atoms. The number of rotatable bonds is 8. The van der Waals surface area contributed by atoms with Crippen molar-refractivity contribution in [2.75, 3.05) is 31.1 Å². The lowest BCUT2D eigenvalue weighted by atomic mass is 10.2. The van der Waals surface area contributed by atoms with E-state index in [0.717, 1.165) is 11.3 Å². The Morgan fingerprint density at radius 1 is 1.14 bits per heavy atom. The number of para-hydroxylation sites is 1. The lowest BCUT2D eigenvalue weighted by Gasteiger charge is -2.26. The number of amides is 1. The van der Waals surface area contributed by atoms with Crippen molar-refractivity contribution in [3.05, 3.63) is 29.8 Å². The van der Waals surface area contributed by atoms with E-state index >= 15 is 0 Å². The molecule has 0 aromatic heterocycles.